The molecule has 2 atom stereocenters. The van der Waals surface area contributed by atoms with Gasteiger partial charge in [0.15, 0.2) is 5.13 Å². The van der Waals surface area contributed by atoms with Crippen LogP contribution in [0.3, 0.4) is 0 Å². The molecular weight excluding hydrogens is 541 g/mol. The van der Waals surface area contributed by atoms with Gasteiger partial charge in [0.25, 0.3) is 10.0 Å². The number of aromatic nitrogens is 3. The van der Waals surface area contributed by atoms with Crippen molar-refractivity contribution >= 4 is 26.5 Å². The van der Waals surface area contributed by atoms with E-state index in [9.17, 15) is 21.6 Å². The molecule has 0 amide bonds. The highest BCUT2D eigenvalue weighted by Crippen LogP contribution is 2.43. The molecule has 0 radical (unpaired) electrons. The Morgan fingerprint density at radius 3 is 2.66 bits per heavy atom. The highest BCUT2D eigenvalue weighted by molar-refractivity contribution is 7.93. The van der Waals surface area contributed by atoms with Gasteiger partial charge in [-0.2, -0.15) is 18.3 Å². The van der Waals surface area contributed by atoms with E-state index in [1.54, 1.807) is 24.6 Å². The summed E-state index contributed by atoms with van der Waals surface area (Å²) in [4.78, 5) is 3.95. The molecule has 0 fully saturated rings. The summed E-state index contributed by atoms with van der Waals surface area (Å²) in [6.45, 7) is 1.93. The fraction of sp³-hybridized carbons (Fsp3) is 0.280. The number of thiazole rings is 1. The number of sulfonamides is 1. The summed E-state index contributed by atoms with van der Waals surface area (Å²) in [7, 11) is -2.28. The number of rotatable bonds is 7. The van der Waals surface area contributed by atoms with Crippen LogP contribution in [0.2, 0.25) is 0 Å². The van der Waals surface area contributed by atoms with Crippen molar-refractivity contribution in [2.45, 2.75) is 43.0 Å². The van der Waals surface area contributed by atoms with Crippen molar-refractivity contribution in [3.63, 3.8) is 0 Å². The Labute approximate surface area is 221 Å². The summed E-state index contributed by atoms with van der Waals surface area (Å²) < 4.78 is 82.6. The number of halogens is 3. The second-order valence-corrected chi connectivity index (χ2v) is 11.3. The van der Waals surface area contributed by atoms with E-state index >= 15 is 0 Å². The first-order chi connectivity index (χ1) is 18.0. The molecule has 4 aromatic rings. The fourth-order valence-corrected chi connectivity index (χ4v) is 6.06. The molecule has 0 spiro atoms. The van der Waals surface area contributed by atoms with E-state index in [0.717, 1.165) is 23.5 Å². The van der Waals surface area contributed by atoms with Crippen molar-refractivity contribution in [1.29, 1.82) is 0 Å². The van der Waals surface area contributed by atoms with Crippen LogP contribution in [0.4, 0.5) is 18.3 Å². The Morgan fingerprint density at radius 2 is 2.00 bits per heavy atom. The van der Waals surface area contributed by atoms with Gasteiger partial charge >= 0.3 is 6.18 Å². The van der Waals surface area contributed by atoms with Crippen LogP contribution in [0.15, 0.2) is 65.1 Å². The van der Waals surface area contributed by atoms with Crippen molar-refractivity contribution < 1.29 is 31.1 Å². The summed E-state index contributed by atoms with van der Waals surface area (Å²) in [6, 6.07) is 9.42. The van der Waals surface area contributed by atoms with Gasteiger partial charge in [-0.05, 0) is 36.8 Å². The Balaban J connectivity index is 1.52. The normalized spacial score (nSPS) is 17.5. The van der Waals surface area contributed by atoms with Crippen molar-refractivity contribution in [2.24, 2.45) is 7.05 Å². The molecule has 0 unspecified atom stereocenters. The number of benzene rings is 2. The molecule has 8 nitrogen and oxygen atoms in total. The summed E-state index contributed by atoms with van der Waals surface area (Å²) >= 11 is 1.15. The van der Waals surface area contributed by atoms with Gasteiger partial charge in [-0.25, -0.2) is 13.4 Å². The molecule has 2 aromatic carbocycles. The molecule has 1 N–H and O–H groups in total. The topological polar surface area (TPSA) is 95.3 Å². The average Bonchev–Trinajstić information content (AvgIpc) is 3.54. The molecule has 1 aliphatic heterocycles. The predicted octanol–water partition coefficient (Wildman–Crippen LogP) is 6.04. The number of ether oxygens (including phenoxy) is 2. The SMILES string of the molecule is CC[C@@H]1C[C@@H](Oc2ccc(C(F)(F)F)cc2-c2ccnn2C)c2ccc(S(=O)(=O)Nc3nccs3)cc2O1. The molecule has 3 heterocycles. The van der Waals surface area contributed by atoms with E-state index in [-0.39, 0.29) is 27.4 Å². The van der Waals surface area contributed by atoms with Crippen LogP contribution < -0.4 is 14.2 Å². The van der Waals surface area contributed by atoms with Gasteiger partial charge in [0.2, 0.25) is 0 Å². The monoisotopic (exact) mass is 564 g/mol. The molecule has 200 valence electrons. The largest absolute Gasteiger partial charge is 0.490 e. The molecule has 1 aliphatic rings. The van der Waals surface area contributed by atoms with Crippen molar-refractivity contribution in [2.75, 3.05) is 4.72 Å². The highest BCUT2D eigenvalue weighted by Gasteiger charge is 2.34. The number of nitrogens with one attached hydrogen (secondary N) is 1. The highest BCUT2D eigenvalue weighted by atomic mass is 32.2. The second-order valence-electron chi connectivity index (χ2n) is 8.68. The Morgan fingerprint density at radius 1 is 1.18 bits per heavy atom. The molecule has 0 saturated carbocycles. The average molecular weight is 565 g/mol. The standard InChI is InChI=1S/C25H23F3N4O4S2/c1-3-16-13-22(18-6-5-17(14-23(18)35-16)38(33,34)31-24-29-10-11-37-24)36-21-7-4-15(25(26,27)28)12-19(21)20-8-9-30-32(20)2/h4-12,14,16,22H,3,13H2,1-2H3,(H,29,31)/t16-,22-/m1/s1. The number of fused-ring (bicyclic) bond motifs is 1. The summed E-state index contributed by atoms with van der Waals surface area (Å²) in [5.41, 5.74) is 0.495. The van der Waals surface area contributed by atoms with Crippen molar-refractivity contribution in [3.8, 4) is 22.8 Å². The van der Waals surface area contributed by atoms with Crippen LogP contribution in [0.5, 0.6) is 11.5 Å². The van der Waals surface area contributed by atoms with Gasteiger partial charge in [-0.3, -0.25) is 9.40 Å². The van der Waals surface area contributed by atoms with E-state index in [2.05, 4.69) is 14.8 Å². The van der Waals surface area contributed by atoms with Crippen LogP contribution in [0.1, 0.15) is 37.0 Å². The van der Waals surface area contributed by atoms with E-state index in [1.807, 2.05) is 6.92 Å². The molecule has 0 saturated heterocycles. The lowest BCUT2D eigenvalue weighted by Crippen LogP contribution is -2.28. The van der Waals surface area contributed by atoms with Crippen molar-refractivity contribution in [1.82, 2.24) is 14.8 Å². The maximum Gasteiger partial charge on any atom is 0.416 e. The van der Waals surface area contributed by atoms with E-state index in [1.165, 1.54) is 35.3 Å². The molecule has 2 aromatic heterocycles. The first-order valence-corrected chi connectivity index (χ1v) is 14.0. The third kappa shape index (κ3) is 5.20. The molecule has 0 bridgehead atoms. The van der Waals surface area contributed by atoms with E-state index in [4.69, 9.17) is 9.47 Å². The van der Waals surface area contributed by atoms with Crippen molar-refractivity contribution in [3.05, 3.63) is 71.4 Å². The van der Waals surface area contributed by atoms with Gasteiger partial charge < -0.3 is 9.47 Å². The fourth-order valence-electron chi connectivity index (χ4n) is 4.25. The van der Waals surface area contributed by atoms with Crippen LogP contribution in [-0.4, -0.2) is 29.3 Å². The minimum absolute atomic E-state index is 0.00735. The maximum absolute atomic E-state index is 13.5. The predicted molar refractivity (Wildman–Crippen MR) is 136 cm³/mol. The number of alkyl halides is 3. The number of hydrogen-bond donors (Lipinski definition) is 1. The zero-order valence-electron chi connectivity index (χ0n) is 20.3. The second kappa shape index (κ2) is 9.95. The molecule has 38 heavy (non-hydrogen) atoms. The zero-order valence-corrected chi connectivity index (χ0v) is 21.9. The van der Waals surface area contributed by atoms with Gasteiger partial charge in [0, 0.05) is 48.4 Å². The minimum atomic E-state index is -4.53. The van der Waals surface area contributed by atoms with E-state index in [0.29, 0.717) is 29.8 Å². The van der Waals surface area contributed by atoms with E-state index < -0.39 is 27.9 Å². The minimum Gasteiger partial charge on any atom is -0.490 e. The zero-order chi connectivity index (χ0) is 27.1. The van der Waals surface area contributed by atoms with Gasteiger partial charge in [0.05, 0.1) is 16.2 Å². The summed E-state index contributed by atoms with van der Waals surface area (Å²) in [6.07, 6.45) is -1.36. The third-order valence-corrected chi connectivity index (χ3v) is 8.35. The van der Waals surface area contributed by atoms with Gasteiger partial charge in [0.1, 0.15) is 23.7 Å². The molecule has 5 rings (SSSR count). The molecular formula is C25H23F3N4O4S2. The Hall–Kier alpha value is -3.58. The third-order valence-electron chi connectivity index (χ3n) is 6.20. The lowest BCUT2D eigenvalue weighted by molar-refractivity contribution is -0.137. The number of anilines is 1. The summed E-state index contributed by atoms with van der Waals surface area (Å²) in [5.74, 6) is 0.584. The lowest BCUT2D eigenvalue weighted by atomic mass is 9.97. The Bertz CT molecular complexity index is 1550. The first-order valence-electron chi connectivity index (χ1n) is 11.6. The smallest absolute Gasteiger partial charge is 0.416 e. The summed E-state index contributed by atoms with van der Waals surface area (Å²) in [5, 5.41) is 5.98. The van der Waals surface area contributed by atoms with Crippen LogP contribution in [0.25, 0.3) is 11.3 Å². The van der Waals surface area contributed by atoms with Crippen LogP contribution in [-0.2, 0) is 23.2 Å². The van der Waals surface area contributed by atoms with Crippen LogP contribution in [0, 0.1) is 0 Å². The van der Waals surface area contributed by atoms with Crippen LogP contribution >= 0.6 is 11.3 Å². The maximum atomic E-state index is 13.5. The molecule has 0 aliphatic carbocycles. The lowest BCUT2D eigenvalue weighted by Gasteiger charge is -2.33. The quantitative estimate of drug-likeness (QED) is 0.294. The number of aryl methyl sites for hydroxylation is 1. The number of hydrogen-bond acceptors (Lipinski definition) is 7. The number of nitrogens with zero attached hydrogens (tertiary/aromatic N) is 3. The first kappa shape index (κ1) is 26.0. The molecule has 13 heteroatoms. The Kier molecular flexibility index (Phi) is 6.82. The van der Waals surface area contributed by atoms with Gasteiger partial charge in [-0.15, -0.1) is 11.3 Å². The van der Waals surface area contributed by atoms with Gasteiger partial charge in [-0.1, -0.05) is 13.0 Å².